The van der Waals surface area contributed by atoms with Crippen LogP contribution in [-0.4, -0.2) is 17.6 Å². The molecule has 1 heterocycles. The Balaban J connectivity index is 2.68. The number of nitrogens with zero attached hydrogens (tertiary/aromatic N) is 1. The maximum Gasteiger partial charge on any atom is 0.217 e. The Kier molecular flexibility index (Phi) is 2.10. The summed E-state index contributed by atoms with van der Waals surface area (Å²) >= 11 is 0. The second-order valence-corrected chi connectivity index (χ2v) is 1.83. The predicted molar refractivity (Wildman–Crippen MR) is 37.7 cm³/mol. The Bertz CT molecular complexity index is 217. The molecule has 0 unspecified atom stereocenters. The van der Waals surface area contributed by atoms with E-state index in [0.29, 0.717) is 6.61 Å². The number of aromatic nitrogens is 1. The Morgan fingerprint density at radius 2 is 2.60 bits per heavy atom. The molecule has 0 aliphatic carbocycles. The monoisotopic (exact) mass is 139 g/mol. The zero-order valence-electron chi connectivity index (χ0n) is 5.78. The third-order valence-corrected chi connectivity index (χ3v) is 1.12. The first kappa shape index (κ1) is 6.86. The molecule has 0 aliphatic heterocycles. The van der Waals surface area contributed by atoms with Crippen molar-refractivity contribution in [1.82, 2.24) is 4.57 Å². The summed E-state index contributed by atoms with van der Waals surface area (Å²) in [6, 6.07) is 1.75. The smallest absolute Gasteiger partial charge is 0.217 e. The van der Waals surface area contributed by atoms with Crippen molar-refractivity contribution in [3.8, 4) is 5.75 Å². The predicted octanol–water partition coefficient (Wildman–Crippen LogP) is 0.925. The van der Waals surface area contributed by atoms with Crippen LogP contribution in [-0.2, 0) is 4.79 Å². The van der Waals surface area contributed by atoms with Crippen LogP contribution in [0.25, 0.3) is 0 Å². The van der Waals surface area contributed by atoms with Gasteiger partial charge in [0.25, 0.3) is 0 Å². The SMILES string of the molecule is CCOc1ccn(C=O)c1. The van der Waals surface area contributed by atoms with Crippen molar-refractivity contribution in [2.24, 2.45) is 0 Å². The van der Waals surface area contributed by atoms with Crippen LogP contribution >= 0.6 is 0 Å². The number of rotatable bonds is 3. The molecule has 0 spiro atoms. The molecule has 3 heteroatoms. The van der Waals surface area contributed by atoms with Crippen LogP contribution in [0.1, 0.15) is 6.92 Å². The Labute approximate surface area is 59.2 Å². The summed E-state index contributed by atoms with van der Waals surface area (Å²) in [6.07, 6.45) is 4.01. The Morgan fingerprint density at radius 1 is 1.80 bits per heavy atom. The molecule has 0 amide bonds. The fourth-order valence-electron chi connectivity index (χ4n) is 0.710. The largest absolute Gasteiger partial charge is 0.492 e. The van der Waals surface area contributed by atoms with E-state index in [1.54, 1.807) is 18.5 Å². The highest BCUT2D eigenvalue weighted by Crippen LogP contribution is 2.08. The summed E-state index contributed by atoms with van der Waals surface area (Å²) in [4.78, 5) is 10.1. The number of hydrogen-bond donors (Lipinski definition) is 0. The highest BCUT2D eigenvalue weighted by Gasteiger charge is 1.92. The molecule has 0 radical (unpaired) electrons. The van der Waals surface area contributed by atoms with Gasteiger partial charge in [-0.3, -0.25) is 9.36 Å². The van der Waals surface area contributed by atoms with Crippen molar-refractivity contribution in [3.63, 3.8) is 0 Å². The van der Waals surface area contributed by atoms with Crippen LogP contribution in [0.5, 0.6) is 5.75 Å². The Hall–Kier alpha value is -1.25. The van der Waals surface area contributed by atoms with E-state index in [4.69, 9.17) is 4.74 Å². The average molecular weight is 139 g/mol. The fraction of sp³-hybridized carbons (Fsp3) is 0.286. The lowest BCUT2D eigenvalue weighted by molar-refractivity contribution is 0.340. The molecule has 54 valence electrons. The second-order valence-electron chi connectivity index (χ2n) is 1.83. The third kappa shape index (κ3) is 1.37. The normalized spacial score (nSPS) is 9.30. The highest BCUT2D eigenvalue weighted by atomic mass is 16.5. The lowest BCUT2D eigenvalue weighted by Crippen LogP contribution is -1.90. The summed E-state index contributed by atoms with van der Waals surface area (Å²) < 4.78 is 6.52. The molecule has 0 saturated heterocycles. The molecule has 1 aromatic heterocycles. The van der Waals surface area contributed by atoms with E-state index in [1.807, 2.05) is 6.92 Å². The van der Waals surface area contributed by atoms with E-state index < -0.39 is 0 Å². The molecule has 0 N–H and O–H groups in total. The van der Waals surface area contributed by atoms with Gasteiger partial charge in [-0.25, -0.2) is 0 Å². The molecule has 0 atom stereocenters. The fourth-order valence-corrected chi connectivity index (χ4v) is 0.710. The number of hydrogen-bond acceptors (Lipinski definition) is 2. The van der Waals surface area contributed by atoms with E-state index in [1.165, 1.54) is 4.57 Å². The van der Waals surface area contributed by atoms with Gasteiger partial charge < -0.3 is 4.74 Å². The van der Waals surface area contributed by atoms with Gasteiger partial charge in [-0.15, -0.1) is 0 Å². The minimum Gasteiger partial charge on any atom is -0.492 e. The lowest BCUT2D eigenvalue weighted by atomic mass is 10.6. The highest BCUT2D eigenvalue weighted by molar-refractivity contribution is 5.53. The summed E-state index contributed by atoms with van der Waals surface area (Å²) in [7, 11) is 0. The van der Waals surface area contributed by atoms with Gasteiger partial charge in [0.2, 0.25) is 6.41 Å². The summed E-state index contributed by atoms with van der Waals surface area (Å²) in [5.41, 5.74) is 0. The van der Waals surface area contributed by atoms with Gasteiger partial charge in [0.05, 0.1) is 12.8 Å². The van der Waals surface area contributed by atoms with Crippen LogP contribution in [0.4, 0.5) is 0 Å². The second kappa shape index (κ2) is 3.06. The molecule has 3 nitrogen and oxygen atoms in total. The van der Waals surface area contributed by atoms with Crippen LogP contribution in [0.2, 0.25) is 0 Å². The van der Waals surface area contributed by atoms with Crippen molar-refractivity contribution >= 4 is 6.41 Å². The van der Waals surface area contributed by atoms with Crippen molar-refractivity contribution in [2.75, 3.05) is 6.61 Å². The van der Waals surface area contributed by atoms with Crippen LogP contribution in [0.15, 0.2) is 18.5 Å². The zero-order valence-corrected chi connectivity index (χ0v) is 5.78. The first-order chi connectivity index (χ1) is 4.86. The molecule has 0 fully saturated rings. The summed E-state index contributed by atoms with van der Waals surface area (Å²) in [5, 5.41) is 0. The number of carbonyl (C=O) groups excluding carboxylic acids is 1. The molecule has 0 bridgehead atoms. The van der Waals surface area contributed by atoms with E-state index in [0.717, 1.165) is 12.2 Å². The molecule has 10 heavy (non-hydrogen) atoms. The van der Waals surface area contributed by atoms with Crippen molar-refractivity contribution < 1.29 is 9.53 Å². The topological polar surface area (TPSA) is 31.2 Å². The molecule has 1 aromatic rings. The summed E-state index contributed by atoms with van der Waals surface area (Å²) in [6.45, 7) is 2.53. The van der Waals surface area contributed by atoms with Crippen LogP contribution < -0.4 is 4.74 Å². The molecule has 1 rings (SSSR count). The maximum atomic E-state index is 10.1. The molecule has 0 aromatic carbocycles. The van der Waals surface area contributed by atoms with Gasteiger partial charge in [0.1, 0.15) is 5.75 Å². The standard InChI is InChI=1S/C7H9NO2/c1-2-10-7-3-4-8(5-7)6-9/h3-6H,2H2,1H3. The van der Waals surface area contributed by atoms with Crippen LogP contribution in [0, 0.1) is 0 Å². The minimum atomic E-state index is 0.628. The average Bonchev–Trinajstić information content (AvgIpc) is 2.37. The van der Waals surface area contributed by atoms with E-state index in [-0.39, 0.29) is 0 Å². The van der Waals surface area contributed by atoms with E-state index >= 15 is 0 Å². The molecular weight excluding hydrogens is 130 g/mol. The summed E-state index contributed by atoms with van der Waals surface area (Å²) in [5.74, 6) is 0.731. The molecule has 0 aliphatic rings. The van der Waals surface area contributed by atoms with Gasteiger partial charge in [0, 0.05) is 6.20 Å². The minimum absolute atomic E-state index is 0.628. The van der Waals surface area contributed by atoms with Gasteiger partial charge in [-0.1, -0.05) is 0 Å². The number of carbonyl (C=O) groups is 1. The van der Waals surface area contributed by atoms with Crippen molar-refractivity contribution in [3.05, 3.63) is 18.5 Å². The van der Waals surface area contributed by atoms with Gasteiger partial charge in [-0.05, 0) is 13.0 Å². The van der Waals surface area contributed by atoms with Gasteiger partial charge in [-0.2, -0.15) is 0 Å². The first-order valence-electron chi connectivity index (χ1n) is 3.12. The third-order valence-electron chi connectivity index (χ3n) is 1.12. The lowest BCUT2D eigenvalue weighted by Gasteiger charge is -1.94. The number of ether oxygens (including phenoxy) is 1. The van der Waals surface area contributed by atoms with Crippen molar-refractivity contribution in [1.29, 1.82) is 0 Å². The van der Waals surface area contributed by atoms with E-state index in [9.17, 15) is 4.79 Å². The maximum absolute atomic E-state index is 10.1. The van der Waals surface area contributed by atoms with Crippen LogP contribution in [0.3, 0.4) is 0 Å². The van der Waals surface area contributed by atoms with E-state index in [2.05, 4.69) is 0 Å². The van der Waals surface area contributed by atoms with Gasteiger partial charge >= 0.3 is 0 Å². The first-order valence-corrected chi connectivity index (χ1v) is 3.12. The Morgan fingerprint density at radius 3 is 3.10 bits per heavy atom. The molecule has 0 saturated carbocycles. The molecular formula is C7H9NO2. The quantitative estimate of drug-likeness (QED) is 0.583. The van der Waals surface area contributed by atoms with Gasteiger partial charge in [0.15, 0.2) is 0 Å². The zero-order chi connectivity index (χ0) is 7.40. The van der Waals surface area contributed by atoms with Crippen molar-refractivity contribution in [2.45, 2.75) is 6.92 Å².